The van der Waals surface area contributed by atoms with Crippen molar-refractivity contribution >= 4 is 82.6 Å². The van der Waals surface area contributed by atoms with Gasteiger partial charge in [-0.25, -0.2) is 125 Å². The number of nitrogens with two attached hydrogens (primary N) is 1. The normalized spacial score (nSPS) is 10.2. The number of carboxylic acid groups (broad SMARTS) is 1. The topological polar surface area (TPSA) is 475 Å². The van der Waals surface area contributed by atoms with E-state index in [1.54, 1.807) is 12.3 Å². The summed E-state index contributed by atoms with van der Waals surface area (Å²) in [7, 11) is 2.26. The molecule has 12 rings (SSSR count). The second kappa shape index (κ2) is 50.0. The number of methoxy groups -OCH3 is 2. The van der Waals surface area contributed by atoms with Crippen LogP contribution < -0.4 is 45.9 Å². The Balaban J connectivity index is 0.000000402. The number of nitriles is 2. The van der Waals surface area contributed by atoms with E-state index in [4.69, 9.17) is 15.6 Å². The van der Waals surface area contributed by atoms with Crippen LogP contribution in [0.5, 0.6) is 0 Å². The Kier molecular flexibility index (Phi) is 41.9. The number of hydrogen-bond donors (Lipinski definition) is 7. The maximum Gasteiger partial charge on any atom is 1.00 e. The third-order valence-corrected chi connectivity index (χ3v) is 14.5. The SMILES string of the molecule is CCC(F)F.COC(=O)c1ccc(-c2nc(Nc3cn[nH]c3)ncc2F)cc1F.COC(=O)c1ccc(-c2nc(Nc3cnn(CC(F)F)c3)ncc2F)cc1F.Cl.N#CCCC(=O)c1ccc(-c2nc(Nc3cnn(CC(F)F)c3)ncc2F)cc1F.N#CCN.O.O=C(O)c1ccc(-c2nc(Nc3cnn(CC(F)F)c3)ncc2F)cc1F.[Li+].[OH-]. The van der Waals surface area contributed by atoms with Gasteiger partial charge in [0, 0.05) is 66.3 Å². The Morgan fingerprint density at radius 3 is 1.02 bits per heavy atom. The number of carbonyl (C=O) groups is 4. The first-order valence-electron chi connectivity index (χ1n) is 33.3. The van der Waals surface area contributed by atoms with Crippen molar-refractivity contribution in [2.45, 2.75) is 71.5 Å². The number of hydrogen-bond acceptors (Lipinski definition) is 26. The van der Waals surface area contributed by atoms with E-state index in [9.17, 15) is 89.4 Å². The van der Waals surface area contributed by atoms with Crippen LogP contribution in [0.4, 0.5) is 117 Å². The summed E-state index contributed by atoms with van der Waals surface area (Å²) in [4.78, 5) is 76.6. The zero-order valence-corrected chi connectivity index (χ0v) is 63.9. The Morgan fingerprint density at radius 1 is 0.475 bits per heavy atom. The number of Topliss-reactive ketones (excluding diaryl/α,β-unsaturated/α-hetero) is 1. The molecule has 0 radical (unpaired) electrons. The summed E-state index contributed by atoms with van der Waals surface area (Å²) >= 11 is 0. The Morgan fingerprint density at radius 2 is 0.770 bits per heavy atom. The molecule has 8 heterocycles. The van der Waals surface area contributed by atoms with E-state index in [1.165, 1.54) is 86.7 Å². The number of aromatic carboxylic acids is 1. The van der Waals surface area contributed by atoms with Crippen molar-refractivity contribution in [1.82, 2.24) is 79.4 Å². The van der Waals surface area contributed by atoms with Crippen LogP contribution in [0.2, 0.25) is 0 Å². The summed E-state index contributed by atoms with van der Waals surface area (Å²) in [6.45, 7) is -0.185. The van der Waals surface area contributed by atoms with Crippen LogP contribution in [0.3, 0.4) is 0 Å². The predicted octanol–water partition coefficient (Wildman–Crippen LogP) is 11.1. The van der Waals surface area contributed by atoms with E-state index in [0.29, 0.717) is 22.7 Å². The number of nitrogens with zero attached hydrogens (tertiary/aromatic N) is 17. The molecule has 8 aromatic heterocycles. The fourth-order valence-corrected chi connectivity index (χ4v) is 9.27. The second-order valence-electron chi connectivity index (χ2n) is 22.9. The standard InChI is InChI=1S/C19H14F4N6O.C17H13F4N5O2.C16H11F4N5O2.C15H11F2N5O2.C3H6F2.C2H4N2.ClH.Li.2H2O/c20-14-6-11(3-4-13(14)16(30)2-1-5-24)18-15(21)8-25-19(28-18)27-12-7-26-29(9-12)10-17(22)23;1-28-16(27)11-3-2-9(4-12(11)18)15-13(19)6-22-17(25-15)24-10-5-23-26(7-10)8-14(20)21;17-11-3-8(1-2-10(11)15(26)27)14-12(18)5-21-16(24-14)23-9-4-22-25(6-9)7-13(19)20;1-24-14(23)10-3-2-8(4-11(10)16)13-12(17)7-18-15(22-13)21-9-5-19-20-6-9;1-2-3(4)5;3-1-2-4;;;;/h3-4,6-9,17H,1-2,10H2,(H,25,27,28);2-7,14H,8H2,1H3,(H,22,24,25);1-6,13H,7H2,(H,26,27)(H,21,23,24);2-7H,1H3,(H,19,20)(H,18,21,22);3H,2H2,1H3;1,3H2;1H;;2*1H2/q;;;;;;;+1;;/p-1. The number of halogens is 17. The molecule has 0 aliphatic heterocycles. The van der Waals surface area contributed by atoms with Crippen LogP contribution in [0.1, 0.15) is 67.6 Å². The molecular weight excluding hydrogens is 1680 g/mol. The van der Waals surface area contributed by atoms with E-state index in [1.807, 2.05) is 6.07 Å². The molecule has 0 amide bonds. The van der Waals surface area contributed by atoms with Gasteiger partial charge in [0.25, 0.3) is 19.3 Å². The number of H-pyrrole nitrogens is 1. The van der Waals surface area contributed by atoms with Crippen LogP contribution in [0.25, 0.3) is 45.0 Å². The van der Waals surface area contributed by atoms with Gasteiger partial charge in [-0.05, 0) is 48.5 Å². The van der Waals surface area contributed by atoms with Gasteiger partial charge in [-0.2, -0.15) is 30.9 Å². The van der Waals surface area contributed by atoms with E-state index in [0.717, 1.165) is 89.5 Å². The van der Waals surface area contributed by atoms with Crippen molar-refractivity contribution in [2.24, 2.45) is 5.73 Å². The Bertz CT molecular complexity index is 5520. The molecule has 0 bridgehead atoms. The van der Waals surface area contributed by atoms with Crippen LogP contribution in [0.15, 0.2) is 147 Å². The third-order valence-electron chi connectivity index (χ3n) is 14.5. The van der Waals surface area contributed by atoms with Gasteiger partial charge in [0.2, 0.25) is 30.2 Å². The second-order valence-corrected chi connectivity index (χ2v) is 22.9. The molecule has 11 N–H and O–H groups in total. The minimum atomic E-state index is -2.57. The molecule has 50 heteroatoms. The molecule has 12 aromatic rings. The monoisotopic (exact) mass is 1740 g/mol. The largest absolute Gasteiger partial charge is 1.00 e. The maximum absolute atomic E-state index is 14.3. The summed E-state index contributed by atoms with van der Waals surface area (Å²) in [5.41, 5.74) is 4.36. The molecule has 122 heavy (non-hydrogen) atoms. The molecule has 0 unspecified atom stereocenters. The number of carbonyl (C=O) groups excluding carboxylic acids is 3. The molecule has 0 saturated heterocycles. The quantitative estimate of drug-likeness (QED) is 0.00918. The van der Waals surface area contributed by atoms with Crippen LogP contribution in [0, 0.1) is 69.2 Å². The first-order valence-corrected chi connectivity index (χ1v) is 33.3. The number of ether oxygens (including phenoxy) is 2. The van der Waals surface area contributed by atoms with E-state index < -0.39 is 121 Å². The number of ketones is 1. The van der Waals surface area contributed by atoms with Crippen molar-refractivity contribution in [2.75, 3.05) is 42.0 Å². The molecule has 0 aliphatic rings. The number of carboxylic acids is 1. The summed E-state index contributed by atoms with van der Waals surface area (Å²) in [6.07, 6.45) is 4.33. The average Bonchev–Trinajstić information content (AvgIpc) is 1.12. The fraction of sp³-hybridized carbons (Fsp3) is 0.194. The molecule has 0 fully saturated rings. The molecular formula is C72H63ClF16LiN23O9. The van der Waals surface area contributed by atoms with Crippen LogP contribution in [-0.2, 0) is 29.1 Å². The van der Waals surface area contributed by atoms with Crippen molar-refractivity contribution < 1.29 is 134 Å². The van der Waals surface area contributed by atoms with Gasteiger partial charge in [0.1, 0.15) is 65.7 Å². The summed E-state index contributed by atoms with van der Waals surface area (Å²) < 4.78 is 220. The Hall–Kier alpha value is -14.1. The molecule has 0 spiro atoms. The first kappa shape index (κ1) is 102. The van der Waals surface area contributed by atoms with Gasteiger partial charge in [-0.1, -0.05) is 31.2 Å². The maximum atomic E-state index is 14.3. The van der Waals surface area contributed by atoms with E-state index in [2.05, 4.69) is 102 Å². The molecule has 0 aliphatic carbocycles. The van der Waals surface area contributed by atoms with Gasteiger partial charge < -0.3 is 52.5 Å². The van der Waals surface area contributed by atoms with Crippen molar-refractivity contribution in [1.29, 1.82) is 10.5 Å². The molecule has 0 saturated carbocycles. The molecule has 4 aromatic carbocycles. The predicted molar refractivity (Wildman–Crippen MR) is 399 cm³/mol. The fourth-order valence-electron chi connectivity index (χ4n) is 9.27. The van der Waals surface area contributed by atoms with Crippen LogP contribution in [-0.4, -0.2) is 166 Å². The van der Waals surface area contributed by atoms with Crippen molar-refractivity contribution in [3.8, 4) is 57.2 Å². The number of anilines is 8. The minimum Gasteiger partial charge on any atom is -0.870 e. The van der Waals surface area contributed by atoms with Gasteiger partial charge in [-0.15, -0.1) is 12.4 Å². The summed E-state index contributed by atoms with van der Waals surface area (Å²) in [5.74, 6) is -10.6. The van der Waals surface area contributed by atoms with Crippen molar-refractivity contribution in [3.05, 3.63) is 216 Å². The number of aromatic amines is 1. The number of nitrogens with one attached hydrogen (secondary N) is 5. The number of esters is 2. The van der Waals surface area contributed by atoms with Gasteiger partial charge in [0.05, 0.1) is 127 Å². The zero-order chi connectivity index (χ0) is 86.3. The van der Waals surface area contributed by atoms with Crippen LogP contribution >= 0.6 is 12.4 Å². The van der Waals surface area contributed by atoms with Gasteiger partial charge >= 0.3 is 36.8 Å². The van der Waals surface area contributed by atoms with Gasteiger partial charge in [-0.3, -0.25) is 23.9 Å². The average molecular weight is 1740 g/mol. The first-order chi connectivity index (χ1) is 56.3. The third kappa shape index (κ3) is 30.7. The molecule has 0 atom stereocenters. The van der Waals surface area contributed by atoms with Crippen molar-refractivity contribution in [3.63, 3.8) is 0 Å². The number of rotatable bonds is 25. The van der Waals surface area contributed by atoms with E-state index in [-0.39, 0.29) is 154 Å². The number of alkyl halides is 8. The molecule has 32 nitrogen and oxygen atoms in total. The zero-order valence-electron chi connectivity index (χ0n) is 63.1. The Labute approximate surface area is 695 Å². The molecule has 640 valence electrons. The van der Waals surface area contributed by atoms with Gasteiger partial charge in [0.15, 0.2) is 29.1 Å². The summed E-state index contributed by atoms with van der Waals surface area (Å²) in [5, 5.41) is 53.4. The van der Waals surface area contributed by atoms with E-state index >= 15 is 0 Å². The minimum absolute atomic E-state index is 0. The summed E-state index contributed by atoms with van der Waals surface area (Å²) in [6, 6.07) is 17.1. The number of aromatic nitrogens is 16. The smallest absolute Gasteiger partial charge is 0.870 e. The number of benzene rings is 4.